The minimum Gasteiger partial charge on any atom is -0.497 e. The first-order valence-corrected chi connectivity index (χ1v) is 7.27. The second kappa shape index (κ2) is 8.20. The Morgan fingerprint density at radius 2 is 1.73 bits per heavy atom. The van der Waals surface area contributed by atoms with E-state index in [2.05, 4.69) is 41.5 Å². The van der Waals surface area contributed by atoms with Gasteiger partial charge < -0.3 is 10.1 Å². The van der Waals surface area contributed by atoms with E-state index in [1.165, 1.54) is 11.1 Å². The Labute approximate surface area is 131 Å². The Morgan fingerprint density at radius 3 is 2.41 bits per heavy atom. The maximum absolute atomic E-state index is 10.4. The molecule has 1 amide bonds. The number of benzene rings is 2. The Balaban J connectivity index is 1.92. The molecule has 0 unspecified atom stereocenters. The minimum atomic E-state index is 0.569. The van der Waals surface area contributed by atoms with Gasteiger partial charge in [-0.1, -0.05) is 36.4 Å². The van der Waals surface area contributed by atoms with E-state index >= 15 is 0 Å². The Hall–Kier alpha value is -2.33. The van der Waals surface area contributed by atoms with Gasteiger partial charge in [0.25, 0.3) is 0 Å². The molecular formula is C18H22N2O2. The summed E-state index contributed by atoms with van der Waals surface area (Å²) in [6, 6.07) is 16.4. The molecule has 2 aromatic carbocycles. The smallest absolute Gasteiger partial charge is 0.207 e. The van der Waals surface area contributed by atoms with Crippen LogP contribution in [0.4, 0.5) is 0 Å². The molecule has 0 saturated carbocycles. The fourth-order valence-electron chi connectivity index (χ4n) is 2.41. The van der Waals surface area contributed by atoms with Crippen molar-refractivity contribution in [1.29, 1.82) is 0 Å². The molecule has 0 aromatic heterocycles. The Bertz CT molecular complexity index is 596. The highest BCUT2D eigenvalue weighted by Crippen LogP contribution is 2.14. The average molecular weight is 298 g/mol. The van der Waals surface area contributed by atoms with Crippen molar-refractivity contribution in [2.75, 3.05) is 14.2 Å². The summed E-state index contributed by atoms with van der Waals surface area (Å²) in [7, 11) is 3.77. The van der Waals surface area contributed by atoms with Gasteiger partial charge in [-0.2, -0.15) is 0 Å². The SMILES string of the molecule is COc1ccc(CN(C)Cc2cccc(CNC=O)c2)cc1. The standard InChI is InChI=1S/C18H22N2O2/c1-20(12-15-6-8-18(22-2)9-7-15)13-17-5-3-4-16(10-17)11-19-14-21/h3-10,14H,11-13H2,1-2H3,(H,19,21). The van der Waals surface area contributed by atoms with Crippen molar-refractivity contribution in [2.45, 2.75) is 19.6 Å². The molecule has 0 radical (unpaired) electrons. The summed E-state index contributed by atoms with van der Waals surface area (Å²) >= 11 is 0. The van der Waals surface area contributed by atoms with Crippen LogP contribution in [-0.2, 0) is 24.4 Å². The molecule has 4 heteroatoms. The first kappa shape index (κ1) is 16.0. The van der Waals surface area contributed by atoms with Crippen molar-refractivity contribution in [3.8, 4) is 5.75 Å². The average Bonchev–Trinajstić information content (AvgIpc) is 2.54. The summed E-state index contributed by atoms with van der Waals surface area (Å²) in [5.41, 5.74) is 3.60. The largest absolute Gasteiger partial charge is 0.497 e. The fourth-order valence-corrected chi connectivity index (χ4v) is 2.41. The molecule has 0 saturated heterocycles. The molecule has 22 heavy (non-hydrogen) atoms. The van der Waals surface area contributed by atoms with Gasteiger partial charge in [-0.25, -0.2) is 0 Å². The normalized spacial score (nSPS) is 10.5. The zero-order valence-corrected chi connectivity index (χ0v) is 13.1. The second-order valence-corrected chi connectivity index (χ2v) is 5.34. The molecule has 0 aliphatic heterocycles. The van der Waals surface area contributed by atoms with Crippen LogP contribution in [0.25, 0.3) is 0 Å². The number of hydrogen-bond acceptors (Lipinski definition) is 3. The van der Waals surface area contributed by atoms with Gasteiger partial charge in [0.05, 0.1) is 7.11 Å². The maximum atomic E-state index is 10.4. The predicted molar refractivity (Wildman–Crippen MR) is 87.5 cm³/mol. The molecule has 4 nitrogen and oxygen atoms in total. The van der Waals surface area contributed by atoms with Gasteiger partial charge >= 0.3 is 0 Å². The van der Waals surface area contributed by atoms with Gasteiger partial charge in [0.1, 0.15) is 5.75 Å². The van der Waals surface area contributed by atoms with E-state index in [0.29, 0.717) is 6.54 Å². The molecule has 0 bridgehead atoms. The molecule has 2 rings (SSSR count). The van der Waals surface area contributed by atoms with Gasteiger partial charge in [-0.05, 0) is 35.9 Å². The van der Waals surface area contributed by atoms with E-state index in [0.717, 1.165) is 30.8 Å². The predicted octanol–water partition coefficient (Wildman–Crippen LogP) is 2.57. The lowest BCUT2D eigenvalue weighted by Crippen LogP contribution is -2.17. The van der Waals surface area contributed by atoms with E-state index < -0.39 is 0 Å². The molecule has 0 heterocycles. The quantitative estimate of drug-likeness (QED) is 0.762. The highest BCUT2D eigenvalue weighted by Gasteiger charge is 2.03. The topological polar surface area (TPSA) is 41.6 Å². The fraction of sp³-hybridized carbons (Fsp3) is 0.278. The van der Waals surface area contributed by atoms with E-state index in [1.54, 1.807) is 7.11 Å². The number of hydrogen-bond donors (Lipinski definition) is 1. The number of nitrogens with one attached hydrogen (secondary N) is 1. The zero-order chi connectivity index (χ0) is 15.8. The molecule has 1 N–H and O–H groups in total. The molecule has 0 atom stereocenters. The van der Waals surface area contributed by atoms with E-state index in [-0.39, 0.29) is 0 Å². The summed E-state index contributed by atoms with van der Waals surface area (Å²) in [6.45, 7) is 2.31. The second-order valence-electron chi connectivity index (χ2n) is 5.34. The third-order valence-electron chi connectivity index (χ3n) is 3.44. The number of methoxy groups -OCH3 is 1. The van der Waals surface area contributed by atoms with Crippen molar-refractivity contribution >= 4 is 6.41 Å². The van der Waals surface area contributed by atoms with Crippen LogP contribution in [0.5, 0.6) is 5.75 Å². The van der Waals surface area contributed by atoms with Crippen LogP contribution in [0.15, 0.2) is 48.5 Å². The van der Waals surface area contributed by atoms with Crippen LogP contribution in [0.1, 0.15) is 16.7 Å². The van der Waals surface area contributed by atoms with Gasteiger partial charge in [0.2, 0.25) is 6.41 Å². The highest BCUT2D eigenvalue weighted by molar-refractivity contribution is 5.46. The van der Waals surface area contributed by atoms with Gasteiger partial charge in [-0.3, -0.25) is 9.69 Å². The number of rotatable bonds is 8. The molecule has 0 fully saturated rings. The highest BCUT2D eigenvalue weighted by atomic mass is 16.5. The van der Waals surface area contributed by atoms with Crippen LogP contribution in [0.3, 0.4) is 0 Å². The van der Waals surface area contributed by atoms with Crippen LogP contribution < -0.4 is 10.1 Å². The van der Waals surface area contributed by atoms with E-state index in [4.69, 9.17) is 4.74 Å². The monoisotopic (exact) mass is 298 g/mol. The first-order valence-electron chi connectivity index (χ1n) is 7.27. The van der Waals surface area contributed by atoms with Crippen molar-refractivity contribution in [3.05, 3.63) is 65.2 Å². The Morgan fingerprint density at radius 1 is 1.05 bits per heavy atom. The third-order valence-corrected chi connectivity index (χ3v) is 3.44. The van der Waals surface area contributed by atoms with Gasteiger partial charge in [0, 0.05) is 19.6 Å². The van der Waals surface area contributed by atoms with Gasteiger partial charge in [0.15, 0.2) is 0 Å². The Kier molecular flexibility index (Phi) is 5.98. The molecule has 0 spiro atoms. The van der Waals surface area contributed by atoms with Crippen molar-refractivity contribution in [1.82, 2.24) is 10.2 Å². The van der Waals surface area contributed by atoms with Crippen LogP contribution in [-0.4, -0.2) is 25.5 Å². The number of nitrogens with zero attached hydrogens (tertiary/aromatic N) is 1. The number of amides is 1. The maximum Gasteiger partial charge on any atom is 0.207 e. The lowest BCUT2D eigenvalue weighted by molar-refractivity contribution is -0.109. The van der Waals surface area contributed by atoms with Crippen molar-refractivity contribution in [2.24, 2.45) is 0 Å². The number of carbonyl (C=O) groups excluding carboxylic acids is 1. The third kappa shape index (κ3) is 4.90. The van der Waals surface area contributed by atoms with Gasteiger partial charge in [-0.15, -0.1) is 0 Å². The summed E-state index contributed by atoms with van der Waals surface area (Å²) in [4.78, 5) is 12.6. The molecule has 0 aliphatic rings. The molecular weight excluding hydrogens is 276 g/mol. The summed E-state index contributed by atoms with van der Waals surface area (Å²) < 4.78 is 5.17. The minimum absolute atomic E-state index is 0.569. The number of carbonyl (C=O) groups is 1. The molecule has 0 aliphatic carbocycles. The lowest BCUT2D eigenvalue weighted by atomic mass is 10.1. The lowest BCUT2D eigenvalue weighted by Gasteiger charge is -2.17. The summed E-state index contributed by atoms with van der Waals surface area (Å²) in [5, 5.41) is 2.69. The van der Waals surface area contributed by atoms with Crippen LogP contribution in [0, 0.1) is 0 Å². The number of ether oxygens (including phenoxy) is 1. The van der Waals surface area contributed by atoms with Crippen molar-refractivity contribution in [3.63, 3.8) is 0 Å². The van der Waals surface area contributed by atoms with E-state index in [9.17, 15) is 4.79 Å². The van der Waals surface area contributed by atoms with E-state index in [1.807, 2.05) is 24.3 Å². The van der Waals surface area contributed by atoms with Crippen LogP contribution >= 0.6 is 0 Å². The van der Waals surface area contributed by atoms with Crippen molar-refractivity contribution < 1.29 is 9.53 Å². The molecule has 116 valence electrons. The zero-order valence-electron chi connectivity index (χ0n) is 13.1. The summed E-state index contributed by atoms with van der Waals surface area (Å²) in [6.07, 6.45) is 0.725. The molecule has 2 aromatic rings. The summed E-state index contributed by atoms with van der Waals surface area (Å²) in [5.74, 6) is 0.877. The van der Waals surface area contributed by atoms with Crippen LogP contribution in [0.2, 0.25) is 0 Å². The first-order chi connectivity index (χ1) is 10.7.